The average Bonchev–Trinajstić information content (AvgIpc) is 2.62. The Morgan fingerprint density at radius 2 is 1.88 bits per heavy atom. The first-order chi connectivity index (χ1) is 11.7. The predicted molar refractivity (Wildman–Crippen MR) is 109 cm³/mol. The van der Waals surface area contributed by atoms with Crippen LogP contribution in [0.3, 0.4) is 0 Å². The van der Waals surface area contributed by atoms with Gasteiger partial charge in [0.2, 0.25) is 0 Å². The number of aliphatic imine (C=N–C) groups is 1. The number of rotatable bonds is 7. The minimum Gasteiger partial charge on any atom is -0.494 e. The van der Waals surface area contributed by atoms with Crippen molar-refractivity contribution in [1.29, 1.82) is 0 Å². The standard InChI is InChI=1S/C18H22FN3O2.HI/c1-20-18(21-10-11-24-15-6-4-3-5-7-15)22-13-14-8-9-17(23-2)16(19)12-14;/h3-9,12H,10-11,13H2,1-2H3,(H2,20,21,22);1H. The number of para-hydroxylation sites is 1. The summed E-state index contributed by atoms with van der Waals surface area (Å²) in [5.41, 5.74) is 0.803. The Balaban J connectivity index is 0.00000312. The van der Waals surface area contributed by atoms with E-state index in [0.29, 0.717) is 25.7 Å². The SMILES string of the molecule is CN=C(NCCOc1ccccc1)NCc1ccc(OC)c(F)c1.I. The number of guanidine groups is 1. The number of halogens is 2. The van der Waals surface area contributed by atoms with Crippen LogP contribution in [-0.4, -0.2) is 33.3 Å². The third-order valence-electron chi connectivity index (χ3n) is 3.31. The molecule has 0 spiro atoms. The molecule has 0 heterocycles. The van der Waals surface area contributed by atoms with E-state index in [9.17, 15) is 4.39 Å². The van der Waals surface area contributed by atoms with E-state index >= 15 is 0 Å². The van der Waals surface area contributed by atoms with E-state index in [1.807, 2.05) is 30.3 Å². The summed E-state index contributed by atoms with van der Waals surface area (Å²) >= 11 is 0. The van der Waals surface area contributed by atoms with Crippen molar-refractivity contribution < 1.29 is 13.9 Å². The number of hydrogen-bond acceptors (Lipinski definition) is 3. The molecule has 2 aromatic carbocycles. The van der Waals surface area contributed by atoms with Crippen LogP contribution in [0.2, 0.25) is 0 Å². The lowest BCUT2D eigenvalue weighted by atomic mass is 10.2. The molecule has 0 radical (unpaired) electrons. The molecule has 0 atom stereocenters. The van der Waals surface area contributed by atoms with Crippen molar-refractivity contribution in [2.45, 2.75) is 6.54 Å². The average molecular weight is 459 g/mol. The van der Waals surface area contributed by atoms with Crippen molar-refractivity contribution in [1.82, 2.24) is 10.6 Å². The highest BCUT2D eigenvalue weighted by molar-refractivity contribution is 14.0. The summed E-state index contributed by atoms with van der Waals surface area (Å²) in [5.74, 6) is 1.31. The Labute approximate surface area is 164 Å². The minimum atomic E-state index is -0.379. The van der Waals surface area contributed by atoms with E-state index in [1.54, 1.807) is 19.2 Å². The lowest BCUT2D eigenvalue weighted by Crippen LogP contribution is -2.38. The van der Waals surface area contributed by atoms with Crippen LogP contribution in [0, 0.1) is 5.82 Å². The molecule has 0 fully saturated rings. The summed E-state index contributed by atoms with van der Waals surface area (Å²) in [7, 11) is 3.13. The highest BCUT2D eigenvalue weighted by Crippen LogP contribution is 2.17. The number of hydrogen-bond donors (Lipinski definition) is 2. The molecular formula is C18H23FIN3O2. The number of nitrogens with one attached hydrogen (secondary N) is 2. The molecule has 5 nitrogen and oxygen atoms in total. The summed E-state index contributed by atoms with van der Waals surface area (Å²) < 4.78 is 24.2. The zero-order valence-electron chi connectivity index (χ0n) is 14.3. The van der Waals surface area contributed by atoms with Crippen LogP contribution in [0.4, 0.5) is 4.39 Å². The van der Waals surface area contributed by atoms with E-state index in [1.165, 1.54) is 13.2 Å². The molecule has 7 heteroatoms. The summed E-state index contributed by atoms with van der Waals surface area (Å²) in [4.78, 5) is 4.12. The molecule has 0 unspecified atom stereocenters. The Kier molecular flexibility index (Phi) is 9.68. The highest BCUT2D eigenvalue weighted by Gasteiger charge is 2.04. The van der Waals surface area contributed by atoms with Gasteiger partial charge in [-0.15, -0.1) is 24.0 Å². The van der Waals surface area contributed by atoms with E-state index in [-0.39, 0.29) is 35.5 Å². The zero-order valence-corrected chi connectivity index (χ0v) is 16.6. The van der Waals surface area contributed by atoms with Gasteiger partial charge in [0.25, 0.3) is 0 Å². The summed E-state index contributed by atoms with van der Waals surface area (Å²) in [6, 6.07) is 14.5. The molecule has 0 amide bonds. The number of methoxy groups -OCH3 is 1. The molecular weight excluding hydrogens is 436 g/mol. The van der Waals surface area contributed by atoms with E-state index in [2.05, 4.69) is 15.6 Å². The van der Waals surface area contributed by atoms with Crippen molar-refractivity contribution in [3.05, 3.63) is 59.9 Å². The molecule has 0 aromatic heterocycles. The second kappa shape index (κ2) is 11.5. The van der Waals surface area contributed by atoms with Gasteiger partial charge in [0, 0.05) is 13.6 Å². The molecule has 2 aromatic rings. The van der Waals surface area contributed by atoms with Crippen molar-refractivity contribution in [3.8, 4) is 11.5 Å². The highest BCUT2D eigenvalue weighted by atomic mass is 127. The second-order valence-electron chi connectivity index (χ2n) is 4.98. The van der Waals surface area contributed by atoms with Crippen molar-refractivity contribution in [3.63, 3.8) is 0 Å². The first kappa shape index (κ1) is 21.0. The molecule has 0 aliphatic carbocycles. The van der Waals surface area contributed by atoms with Crippen LogP contribution >= 0.6 is 24.0 Å². The summed E-state index contributed by atoms with van der Waals surface area (Å²) in [6.45, 7) is 1.58. The van der Waals surface area contributed by atoms with Gasteiger partial charge in [0.15, 0.2) is 17.5 Å². The van der Waals surface area contributed by atoms with Gasteiger partial charge in [-0.25, -0.2) is 4.39 Å². The Morgan fingerprint density at radius 3 is 2.52 bits per heavy atom. The number of ether oxygens (including phenoxy) is 2. The molecule has 2 N–H and O–H groups in total. The molecule has 0 aliphatic heterocycles. The molecule has 0 bridgehead atoms. The van der Waals surface area contributed by atoms with E-state index in [0.717, 1.165) is 11.3 Å². The number of benzene rings is 2. The van der Waals surface area contributed by atoms with Crippen LogP contribution in [0.5, 0.6) is 11.5 Å². The minimum absolute atomic E-state index is 0. The largest absolute Gasteiger partial charge is 0.494 e. The fourth-order valence-electron chi connectivity index (χ4n) is 2.08. The zero-order chi connectivity index (χ0) is 17.2. The molecule has 0 saturated heterocycles. The van der Waals surface area contributed by atoms with Crippen LogP contribution in [0.25, 0.3) is 0 Å². The van der Waals surface area contributed by atoms with Gasteiger partial charge in [-0.1, -0.05) is 24.3 Å². The Bertz CT molecular complexity index is 669. The molecule has 136 valence electrons. The van der Waals surface area contributed by atoms with Gasteiger partial charge in [0.05, 0.1) is 13.7 Å². The van der Waals surface area contributed by atoms with Gasteiger partial charge >= 0.3 is 0 Å². The third-order valence-corrected chi connectivity index (χ3v) is 3.31. The maximum Gasteiger partial charge on any atom is 0.191 e. The molecule has 2 rings (SSSR count). The van der Waals surface area contributed by atoms with Gasteiger partial charge in [-0.2, -0.15) is 0 Å². The van der Waals surface area contributed by atoms with Gasteiger partial charge in [-0.3, -0.25) is 4.99 Å². The monoisotopic (exact) mass is 459 g/mol. The fourth-order valence-corrected chi connectivity index (χ4v) is 2.08. The topological polar surface area (TPSA) is 54.9 Å². The number of nitrogens with zero attached hydrogens (tertiary/aromatic N) is 1. The summed E-state index contributed by atoms with van der Waals surface area (Å²) in [6.07, 6.45) is 0. The van der Waals surface area contributed by atoms with Crippen LogP contribution in [0.1, 0.15) is 5.56 Å². The smallest absolute Gasteiger partial charge is 0.191 e. The van der Waals surface area contributed by atoms with Gasteiger partial charge in [-0.05, 0) is 29.8 Å². The van der Waals surface area contributed by atoms with Crippen LogP contribution in [0.15, 0.2) is 53.5 Å². The maximum atomic E-state index is 13.7. The lowest BCUT2D eigenvalue weighted by molar-refractivity contribution is 0.322. The van der Waals surface area contributed by atoms with Crippen molar-refractivity contribution in [2.75, 3.05) is 27.3 Å². The Morgan fingerprint density at radius 1 is 1.12 bits per heavy atom. The van der Waals surface area contributed by atoms with Crippen LogP contribution < -0.4 is 20.1 Å². The van der Waals surface area contributed by atoms with Crippen LogP contribution in [-0.2, 0) is 6.54 Å². The van der Waals surface area contributed by atoms with Crippen molar-refractivity contribution in [2.24, 2.45) is 4.99 Å². The van der Waals surface area contributed by atoms with E-state index in [4.69, 9.17) is 9.47 Å². The lowest BCUT2D eigenvalue weighted by Gasteiger charge is -2.13. The summed E-state index contributed by atoms with van der Waals surface area (Å²) in [5, 5.41) is 6.27. The molecule has 0 saturated carbocycles. The Hall–Kier alpha value is -2.03. The third kappa shape index (κ3) is 7.16. The molecule has 25 heavy (non-hydrogen) atoms. The first-order valence-electron chi connectivity index (χ1n) is 7.67. The molecule has 0 aliphatic rings. The maximum absolute atomic E-state index is 13.7. The first-order valence-corrected chi connectivity index (χ1v) is 7.67. The predicted octanol–water partition coefficient (Wildman–Crippen LogP) is 3.20. The van der Waals surface area contributed by atoms with Gasteiger partial charge < -0.3 is 20.1 Å². The fraction of sp³-hybridized carbons (Fsp3) is 0.278. The van der Waals surface area contributed by atoms with E-state index < -0.39 is 0 Å². The van der Waals surface area contributed by atoms with Crippen molar-refractivity contribution >= 4 is 29.9 Å². The normalized spacial score (nSPS) is 10.6. The quantitative estimate of drug-likeness (QED) is 0.289. The van der Waals surface area contributed by atoms with Gasteiger partial charge in [0.1, 0.15) is 12.4 Å². The second-order valence-corrected chi connectivity index (χ2v) is 4.98.